The molecule has 1 aromatic carbocycles. The van der Waals surface area contributed by atoms with Gasteiger partial charge in [-0.3, -0.25) is 0 Å². The van der Waals surface area contributed by atoms with Crippen LogP contribution in [0.5, 0.6) is 5.75 Å². The van der Waals surface area contributed by atoms with Crippen molar-refractivity contribution in [3.63, 3.8) is 0 Å². The molecule has 4 nitrogen and oxygen atoms in total. The number of halogens is 2. The molecule has 6 heteroatoms. The predicted molar refractivity (Wildman–Crippen MR) is 77.3 cm³/mol. The van der Waals surface area contributed by atoms with Gasteiger partial charge in [-0.1, -0.05) is 0 Å². The van der Waals surface area contributed by atoms with Crippen molar-refractivity contribution in [2.24, 2.45) is 12.8 Å². The molecule has 0 bridgehead atoms. The number of imidazole rings is 1. The van der Waals surface area contributed by atoms with Gasteiger partial charge in [0.15, 0.2) is 0 Å². The van der Waals surface area contributed by atoms with Crippen LogP contribution in [0.3, 0.4) is 0 Å². The maximum atomic E-state index is 5.77. The molecule has 2 N–H and O–H groups in total. The van der Waals surface area contributed by atoms with E-state index in [2.05, 4.69) is 36.8 Å². The molecule has 0 unspecified atom stereocenters. The summed E-state index contributed by atoms with van der Waals surface area (Å²) in [5.41, 5.74) is 6.65. The fourth-order valence-corrected chi connectivity index (χ4v) is 3.05. The Morgan fingerprint density at radius 3 is 2.50 bits per heavy atom. The summed E-state index contributed by atoms with van der Waals surface area (Å²) in [5, 5.41) is 0. The maximum Gasteiger partial charge on any atom is 0.148 e. The van der Waals surface area contributed by atoms with Gasteiger partial charge in [0.25, 0.3) is 0 Å². The lowest BCUT2D eigenvalue weighted by Crippen LogP contribution is -2.04. The number of aromatic nitrogens is 2. The van der Waals surface area contributed by atoms with E-state index in [0.717, 1.165) is 26.1 Å². The number of rotatable bonds is 4. The minimum Gasteiger partial charge on any atom is -0.483 e. The standard InChI is InChI=1S/C12H13Br2N3O/c1-17-3-2-16-11(17)7-18-12-9(13)4-8(6-15)5-10(12)14/h2-5H,6-7,15H2,1H3. The number of aryl methyl sites for hydroxylation is 1. The van der Waals surface area contributed by atoms with Crippen LogP contribution in [0.15, 0.2) is 33.5 Å². The van der Waals surface area contributed by atoms with Gasteiger partial charge in [-0.05, 0) is 49.6 Å². The van der Waals surface area contributed by atoms with Crippen LogP contribution in [0.25, 0.3) is 0 Å². The Kier molecular flexibility index (Phi) is 4.42. The summed E-state index contributed by atoms with van der Waals surface area (Å²) in [6.07, 6.45) is 3.64. The molecule has 0 aliphatic rings. The third-order valence-electron chi connectivity index (χ3n) is 2.56. The van der Waals surface area contributed by atoms with E-state index < -0.39 is 0 Å². The number of ether oxygens (including phenoxy) is 1. The second-order valence-electron chi connectivity index (χ2n) is 3.84. The first kappa shape index (κ1) is 13.6. The molecule has 0 atom stereocenters. The van der Waals surface area contributed by atoms with Gasteiger partial charge in [0.05, 0.1) is 8.95 Å². The van der Waals surface area contributed by atoms with E-state index >= 15 is 0 Å². The van der Waals surface area contributed by atoms with Gasteiger partial charge in [-0.15, -0.1) is 0 Å². The number of hydrogen-bond acceptors (Lipinski definition) is 3. The van der Waals surface area contributed by atoms with Crippen LogP contribution in [0.1, 0.15) is 11.4 Å². The van der Waals surface area contributed by atoms with Crippen molar-refractivity contribution in [1.82, 2.24) is 9.55 Å². The second-order valence-corrected chi connectivity index (χ2v) is 5.54. The number of benzene rings is 1. The van der Waals surface area contributed by atoms with E-state index in [-0.39, 0.29) is 0 Å². The molecule has 96 valence electrons. The van der Waals surface area contributed by atoms with Gasteiger partial charge in [-0.2, -0.15) is 0 Å². The molecule has 2 rings (SSSR count). The fraction of sp³-hybridized carbons (Fsp3) is 0.250. The van der Waals surface area contributed by atoms with Crippen molar-refractivity contribution < 1.29 is 4.74 Å². The van der Waals surface area contributed by atoms with Crippen LogP contribution in [0.4, 0.5) is 0 Å². The Balaban J connectivity index is 2.17. The molecule has 0 saturated carbocycles. The lowest BCUT2D eigenvalue weighted by molar-refractivity contribution is 0.288. The molecular weight excluding hydrogens is 362 g/mol. The summed E-state index contributed by atoms with van der Waals surface area (Å²) >= 11 is 6.97. The zero-order valence-corrected chi connectivity index (χ0v) is 13.0. The van der Waals surface area contributed by atoms with Crippen molar-refractivity contribution in [2.45, 2.75) is 13.2 Å². The summed E-state index contributed by atoms with van der Waals surface area (Å²) in [7, 11) is 1.94. The average molecular weight is 375 g/mol. The number of nitrogens with two attached hydrogens (primary N) is 1. The minimum absolute atomic E-state index is 0.419. The first-order chi connectivity index (χ1) is 8.61. The largest absolute Gasteiger partial charge is 0.483 e. The molecule has 0 spiro atoms. The lowest BCUT2D eigenvalue weighted by Gasteiger charge is -2.11. The van der Waals surface area contributed by atoms with Gasteiger partial charge in [0, 0.05) is 26.0 Å². The quantitative estimate of drug-likeness (QED) is 0.894. The summed E-state index contributed by atoms with van der Waals surface area (Å²) in [6.45, 7) is 0.916. The molecule has 0 aliphatic carbocycles. The van der Waals surface area contributed by atoms with Gasteiger partial charge in [-0.25, -0.2) is 4.98 Å². The maximum absolute atomic E-state index is 5.77. The Morgan fingerprint density at radius 1 is 1.33 bits per heavy atom. The Hall–Kier alpha value is -0.850. The molecule has 0 radical (unpaired) electrons. The smallest absolute Gasteiger partial charge is 0.148 e. The summed E-state index contributed by atoms with van der Waals surface area (Å²) in [6, 6.07) is 3.91. The van der Waals surface area contributed by atoms with Crippen molar-refractivity contribution in [3.05, 3.63) is 44.9 Å². The zero-order chi connectivity index (χ0) is 13.1. The first-order valence-electron chi connectivity index (χ1n) is 5.38. The van der Waals surface area contributed by atoms with Crippen LogP contribution in [-0.4, -0.2) is 9.55 Å². The van der Waals surface area contributed by atoms with Crippen molar-refractivity contribution in [3.8, 4) is 5.75 Å². The van der Waals surface area contributed by atoms with Crippen LogP contribution in [0.2, 0.25) is 0 Å². The predicted octanol–water partition coefficient (Wildman–Crippen LogP) is 2.98. The lowest BCUT2D eigenvalue weighted by atomic mass is 10.2. The van der Waals surface area contributed by atoms with Gasteiger partial charge >= 0.3 is 0 Å². The van der Waals surface area contributed by atoms with E-state index in [1.54, 1.807) is 6.20 Å². The highest BCUT2D eigenvalue weighted by Gasteiger charge is 2.10. The number of hydrogen-bond donors (Lipinski definition) is 1. The molecule has 1 heterocycles. The number of nitrogens with zero attached hydrogens (tertiary/aromatic N) is 2. The topological polar surface area (TPSA) is 53.1 Å². The highest BCUT2D eigenvalue weighted by Crippen LogP contribution is 2.35. The highest BCUT2D eigenvalue weighted by atomic mass is 79.9. The third kappa shape index (κ3) is 2.93. The van der Waals surface area contributed by atoms with Crippen LogP contribution in [-0.2, 0) is 20.2 Å². The normalized spacial score (nSPS) is 10.7. The molecule has 18 heavy (non-hydrogen) atoms. The van der Waals surface area contributed by atoms with Crippen LogP contribution < -0.4 is 10.5 Å². The Bertz CT molecular complexity index is 531. The van der Waals surface area contributed by atoms with Gasteiger partial charge < -0.3 is 15.0 Å². The van der Waals surface area contributed by atoms with Crippen molar-refractivity contribution in [1.29, 1.82) is 0 Å². The fourth-order valence-electron chi connectivity index (χ4n) is 1.54. The summed E-state index contributed by atoms with van der Waals surface area (Å²) in [4.78, 5) is 4.21. The summed E-state index contributed by atoms with van der Waals surface area (Å²) < 4.78 is 9.46. The summed E-state index contributed by atoms with van der Waals surface area (Å²) in [5.74, 6) is 1.63. The van der Waals surface area contributed by atoms with Crippen LogP contribution >= 0.6 is 31.9 Å². The SMILES string of the molecule is Cn1ccnc1COc1c(Br)cc(CN)cc1Br. The van der Waals surface area contributed by atoms with Crippen LogP contribution in [0, 0.1) is 0 Å². The molecule has 0 fully saturated rings. The zero-order valence-electron chi connectivity index (χ0n) is 9.86. The highest BCUT2D eigenvalue weighted by molar-refractivity contribution is 9.11. The van der Waals surface area contributed by atoms with Gasteiger partial charge in [0.2, 0.25) is 0 Å². The van der Waals surface area contributed by atoms with E-state index in [9.17, 15) is 0 Å². The minimum atomic E-state index is 0.419. The average Bonchev–Trinajstić information content (AvgIpc) is 2.73. The third-order valence-corrected chi connectivity index (χ3v) is 3.74. The van der Waals surface area contributed by atoms with E-state index in [1.165, 1.54) is 0 Å². The molecule has 0 saturated heterocycles. The molecule has 0 amide bonds. The van der Waals surface area contributed by atoms with Gasteiger partial charge in [0.1, 0.15) is 18.2 Å². The second kappa shape index (κ2) is 5.86. The Labute approximate surface area is 122 Å². The molecule has 2 aromatic rings. The first-order valence-corrected chi connectivity index (χ1v) is 6.97. The van der Waals surface area contributed by atoms with Crippen molar-refractivity contribution >= 4 is 31.9 Å². The molecule has 1 aromatic heterocycles. The monoisotopic (exact) mass is 373 g/mol. The molecular formula is C12H13Br2N3O. The molecule has 0 aliphatic heterocycles. The van der Waals surface area contributed by atoms with Crippen molar-refractivity contribution in [2.75, 3.05) is 0 Å². The van der Waals surface area contributed by atoms with E-state index in [1.807, 2.05) is 29.9 Å². The Morgan fingerprint density at radius 2 is 2.00 bits per heavy atom. The van der Waals surface area contributed by atoms with E-state index in [0.29, 0.717) is 13.2 Å². The van der Waals surface area contributed by atoms with E-state index in [4.69, 9.17) is 10.5 Å².